The molecule has 0 unspecified atom stereocenters. The molecule has 0 bridgehead atoms. The Kier molecular flexibility index (Phi) is 11.5. The predicted molar refractivity (Wildman–Crippen MR) is 385 cm³/mol. The fraction of sp³-hybridized carbons (Fsp3) is 0.103. The molecule has 0 fully saturated rings. The van der Waals surface area contributed by atoms with Crippen LogP contribution in [-0.4, -0.2) is 11.3 Å². The van der Waals surface area contributed by atoms with Gasteiger partial charge < -0.3 is 14.4 Å². The van der Waals surface area contributed by atoms with Gasteiger partial charge in [0.25, 0.3) is 6.71 Å². The molecule has 91 heavy (non-hydrogen) atoms. The molecule has 1 spiro atoms. The topological polar surface area (TPSA) is 11.4 Å². The van der Waals surface area contributed by atoms with Gasteiger partial charge in [0.1, 0.15) is 0 Å². The van der Waals surface area contributed by atoms with Gasteiger partial charge in [0.2, 0.25) is 0 Å². The molecule has 4 heteroatoms. The van der Waals surface area contributed by atoms with Crippen molar-refractivity contribution in [2.75, 3.05) is 9.80 Å². The van der Waals surface area contributed by atoms with Gasteiger partial charge in [-0.15, -0.1) is 0 Å². The molecule has 0 amide bonds. The maximum Gasteiger partial charge on any atom is 0.252 e. The Bertz CT molecular complexity index is 5200. The number of hydrogen-bond donors (Lipinski definition) is 0. The highest BCUT2D eigenvalue weighted by atomic mass is 15.2. The summed E-state index contributed by atoms with van der Waals surface area (Å²) in [6.07, 6.45) is 0. The third-order valence-corrected chi connectivity index (χ3v) is 20.5. The third-order valence-electron chi connectivity index (χ3n) is 20.5. The lowest BCUT2D eigenvalue weighted by molar-refractivity contribution is 0.591. The van der Waals surface area contributed by atoms with Crippen LogP contribution in [0.2, 0.25) is 0 Å². The summed E-state index contributed by atoms with van der Waals surface area (Å²) < 4.78 is 2.62. The Morgan fingerprint density at radius 1 is 0.297 bits per heavy atom. The van der Waals surface area contributed by atoms with Gasteiger partial charge in [-0.2, -0.15) is 0 Å². The van der Waals surface area contributed by atoms with Gasteiger partial charge >= 0.3 is 0 Å². The van der Waals surface area contributed by atoms with Gasteiger partial charge in [-0.05, 0) is 165 Å². The lowest BCUT2D eigenvalue weighted by Gasteiger charge is -2.45. The zero-order valence-corrected chi connectivity index (χ0v) is 52.1. The summed E-state index contributed by atoms with van der Waals surface area (Å²) in [6, 6.07) is 111. The van der Waals surface area contributed by atoms with E-state index < -0.39 is 5.41 Å². The van der Waals surface area contributed by atoms with Crippen LogP contribution in [0.5, 0.6) is 0 Å². The van der Waals surface area contributed by atoms with E-state index in [-0.39, 0.29) is 17.5 Å². The van der Waals surface area contributed by atoms with Crippen molar-refractivity contribution in [2.24, 2.45) is 0 Å². The molecule has 4 aliphatic rings. The molecular formula is C87H66BN3. The molecule has 2 aliphatic carbocycles. The van der Waals surface area contributed by atoms with Crippen LogP contribution in [0.4, 0.5) is 34.1 Å². The molecule has 432 valence electrons. The number of aromatic nitrogens is 1. The van der Waals surface area contributed by atoms with E-state index in [0.29, 0.717) is 0 Å². The van der Waals surface area contributed by atoms with Crippen LogP contribution in [0.15, 0.2) is 291 Å². The van der Waals surface area contributed by atoms with Gasteiger partial charge in [-0.25, -0.2) is 0 Å². The quantitative estimate of drug-likeness (QED) is 0.154. The zero-order chi connectivity index (χ0) is 61.1. The summed E-state index contributed by atoms with van der Waals surface area (Å²) in [5, 5.41) is 2.49. The molecule has 0 atom stereocenters. The Hall–Kier alpha value is -10.7. The number of hydrogen-bond acceptors (Lipinski definition) is 2. The Morgan fingerprint density at radius 3 is 1.23 bits per heavy atom. The van der Waals surface area contributed by atoms with E-state index in [1.807, 2.05) is 0 Å². The monoisotopic (exact) mass is 1160 g/mol. The molecule has 0 radical (unpaired) electrons. The van der Waals surface area contributed by atoms with E-state index >= 15 is 0 Å². The largest absolute Gasteiger partial charge is 0.311 e. The maximum absolute atomic E-state index is 2.70. The fourth-order valence-electron chi connectivity index (χ4n) is 16.3. The average Bonchev–Trinajstić information content (AvgIpc) is 1.61. The van der Waals surface area contributed by atoms with E-state index in [0.717, 1.165) is 28.4 Å². The summed E-state index contributed by atoms with van der Waals surface area (Å²) in [6.45, 7) is 13.9. The minimum absolute atomic E-state index is 0.0903. The van der Waals surface area contributed by atoms with Crippen molar-refractivity contribution in [3.05, 3.63) is 325 Å². The molecule has 13 aromatic carbocycles. The molecule has 3 heterocycles. The molecule has 14 aromatic rings. The molecule has 18 rings (SSSR count). The van der Waals surface area contributed by atoms with Crippen LogP contribution in [0.3, 0.4) is 0 Å². The van der Waals surface area contributed by atoms with Crippen molar-refractivity contribution in [1.29, 1.82) is 0 Å². The molecule has 2 aliphatic heterocycles. The van der Waals surface area contributed by atoms with E-state index in [9.17, 15) is 0 Å². The first kappa shape index (κ1) is 53.4. The number of nitrogens with zero attached hydrogens (tertiary/aromatic N) is 3. The van der Waals surface area contributed by atoms with E-state index in [4.69, 9.17) is 0 Å². The standard InChI is InChI=1S/C87H66BN3/c1-85(2,3)61-41-45-67-68-46-42-62(86(4,5)6)52-80(68)90(79(67)51-61)64-53-81-84-82(54-64)91(78-36-22-35-73-83(78)69-31-18-21-34-72(69)87(73)70-32-19-16-29-65(70)66-30-17-20-33-71(66)87)77-48-40-60(57-27-14-9-15-28-57)50-75(77)88(84)74-49-59(56-25-12-8-13-26-56)39-47-76(74)89(81)63-43-37-58(38-44-63)55-23-10-7-11-24-55/h7-54H,1-6H3. The van der Waals surface area contributed by atoms with Crippen molar-refractivity contribution >= 4 is 79.0 Å². The van der Waals surface area contributed by atoms with Crippen LogP contribution in [0.1, 0.15) is 74.9 Å². The maximum atomic E-state index is 2.70. The van der Waals surface area contributed by atoms with Crippen molar-refractivity contribution in [3.8, 4) is 61.3 Å². The minimum Gasteiger partial charge on any atom is -0.311 e. The van der Waals surface area contributed by atoms with Gasteiger partial charge in [0.05, 0.1) is 27.8 Å². The lowest BCUT2D eigenvalue weighted by atomic mass is 9.33. The second-order valence-electron chi connectivity index (χ2n) is 27.6. The van der Waals surface area contributed by atoms with Gasteiger partial charge in [0.15, 0.2) is 0 Å². The first-order valence-corrected chi connectivity index (χ1v) is 32.3. The SMILES string of the molecule is CC(C)(C)c1ccc2c3ccc(C(C)(C)C)cc3n(-c3cc4c5c(c3)N(c3cccc6c3-c3ccccc3C63c6ccccc6-c6ccccc63)c3ccc(-c6ccccc6)cc3B5c3cc(-c5ccccc5)ccc3N4c3ccc(-c4ccccc4)cc3)c2c1. The van der Waals surface area contributed by atoms with Crippen LogP contribution < -0.4 is 26.2 Å². The van der Waals surface area contributed by atoms with Gasteiger partial charge in [-0.3, -0.25) is 0 Å². The average molecular weight is 1160 g/mol. The van der Waals surface area contributed by atoms with Gasteiger partial charge in [-0.1, -0.05) is 278 Å². The minimum atomic E-state index is -0.539. The molecule has 0 N–H and O–H groups in total. The lowest BCUT2D eigenvalue weighted by Crippen LogP contribution is -2.61. The molecule has 1 aromatic heterocycles. The third kappa shape index (κ3) is 7.82. The Balaban J connectivity index is 1.00. The van der Waals surface area contributed by atoms with Crippen molar-refractivity contribution in [1.82, 2.24) is 4.57 Å². The summed E-state index contributed by atoms with van der Waals surface area (Å²) in [5.41, 5.74) is 33.7. The van der Waals surface area contributed by atoms with Crippen LogP contribution in [-0.2, 0) is 16.2 Å². The van der Waals surface area contributed by atoms with Crippen molar-refractivity contribution in [3.63, 3.8) is 0 Å². The number of benzene rings is 13. The summed E-state index contributed by atoms with van der Waals surface area (Å²) in [4.78, 5) is 5.30. The second-order valence-corrected chi connectivity index (χ2v) is 27.6. The molecule has 0 saturated carbocycles. The fourth-order valence-corrected chi connectivity index (χ4v) is 16.3. The predicted octanol–water partition coefficient (Wildman–Crippen LogP) is 20.8. The highest BCUT2D eigenvalue weighted by Crippen LogP contribution is 2.65. The summed E-state index contributed by atoms with van der Waals surface area (Å²) >= 11 is 0. The van der Waals surface area contributed by atoms with Gasteiger partial charge in [0, 0.05) is 44.8 Å². The van der Waals surface area contributed by atoms with Crippen LogP contribution >= 0.6 is 0 Å². The number of fused-ring (bicyclic) bond motifs is 17. The number of rotatable bonds is 6. The number of anilines is 6. The first-order chi connectivity index (χ1) is 44.4. The Morgan fingerprint density at radius 2 is 0.714 bits per heavy atom. The summed E-state index contributed by atoms with van der Waals surface area (Å²) in [7, 11) is 0. The molecule has 0 saturated heterocycles. The van der Waals surface area contributed by atoms with E-state index in [1.165, 1.54) is 139 Å². The summed E-state index contributed by atoms with van der Waals surface area (Å²) in [5.74, 6) is 0. The van der Waals surface area contributed by atoms with E-state index in [1.54, 1.807) is 0 Å². The first-order valence-electron chi connectivity index (χ1n) is 32.3. The second kappa shape index (κ2) is 19.7. The normalized spacial score (nSPS) is 13.8. The highest BCUT2D eigenvalue weighted by Gasteiger charge is 2.53. The van der Waals surface area contributed by atoms with E-state index in [2.05, 4.69) is 347 Å². The zero-order valence-electron chi connectivity index (χ0n) is 52.1. The smallest absolute Gasteiger partial charge is 0.252 e. The highest BCUT2D eigenvalue weighted by molar-refractivity contribution is 7.00. The Labute approximate surface area is 533 Å². The van der Waals surface area contributed by atoms with Crippen molar-refractivity contribution in [2.45, 2.75) is 57.8 Å². The van der Waals surface area contributed by atoms with Crippen LogP contribution in [0, 0.1) is 0 Å². The van der Waals surface area contributed by atoms with Crippen LogP contribution in [0.25, 0.3) is 83.1 Å². The van der Waals surface area contributed by atoms with Crippen molar-refractivity contribution < 1.29 is 0 Å². The molecular weight excluding hydrogens is 1100 g/mol. The molecule has 3 nitrogen and oxygen atoms in total.